The molecule has 0 aromatic carbocycles. The van der Waals surface area contributed by atoms with E-state index >= 15 is 0 Å². The van der Waals surface area contributed by atoms with Crippen molar-refractivity contribution in [3.8, 4) is 0 Å². The van der Waals surface area contributed by atoms with Crippen LogP contribution in [0.2, 0.25) is 10.2 Å². The lowest BCUT2D eigenvalue weighted by Gasteiger charge is -2.11. The third-order valence-electron chi connectivity index (χ3n) is 3.33. The number of ether oxygens (including phenoxy) is 1. The van der Waals surface area contributed by atoms with Gasteiger partial charge in [-0.1, -0.05) is 23.2 Å². The molecule has 2 aromatic rings. The van der Waals surface area contributed by atoms with Crippen LogP contribution in [-0.4, -0.2) is 32.5 Å². The molecule has 0 aliphatic rings. The molecule has 0 amide bonds. The third kappa shape index (κ3) is 3.57. The minimum atomic E-state index is -0.999. The summed E-state index contributed by atoms with van der Waals surface area (Å²) in [6.07, 6.45) is 0. The zero-order valence-corrected chi connectivity index (χ0v) is 14.6. The lowest BCUT2D eigenvalue weighted by atomic mass is 10.2. The Balaban J connectivity index is 2.27. The van der Waals surface area contributed by atoms with Crippen molar-refractivity contribution in [1.29, 1.82) is 0 Å². The summed E-state index contributed by atoms with van der Waals surface area (Å²) in [6.45, 7) is -0.791. The topological polar surface area (TPSA) is 126 Å². The summed E-state index contributed by atoms with van der Waals surface area (Å²) in [7, 11) is 2.50. The molecule has 2 N–H and O–H groups in total. The Kier molecular flexibility index (Phi) is 5.29. The Morgan fingerprint density at radius 3 is 2.48 bits per heavy atom. The van der Waals surface area contributed by atoms with Gasteiger partial charge in [0.05, 0.1) is 5.02 Å². The van der Waals surface area contributed by atoms with Crippen molar-refractivity contribution in [2.75, 3.05) is 12.3 Å². The normalized spacial score (nSPS) is 10.6. The summed E-state index contributed by atoms with van der Waals surface area (Å²) in [5.41, 5.74) is 3.34. The summed E-state index contributed by atoms with van der Waals surface area (Å²) in [6, 6.07) is 2.72. The van der Waals surface area contributed by atoms with Gasteiger partial charge < -0.3 is 10.5 Å². The first-order valence-corrected chi connectivity index (χ1v) is 7.48. The van der Waals surface area contributed by atoms with Gasteiger partial charge in [0.15, 0.2) is 12.3 Å². The maximum atomic E-state index is 12.2. The number of Topliss-reactive ketones (excluding diaryl/α,β-unsaturated/α-hetero) is 1. The molecule has 0 radical (unpaired) electrons. The van der Waals surface area contributed by atoms with Crippen LogP contribution in [0, 0.1) is 0 Å². The van der Waals surface area contributed by atoms with Gasteiger partial charge in [-0.15, -0.1) is 0 Å². The fourth-order valence-corrected chi connectivity index (χ4v) is 2.29. The van der Waals surface area contributed by atoms with Crippen molar-refractivity contribution in [3.05, 3.63) is 54.4 Å². The second kappa shape index (κ2) is 7.08. The maximum Gasteiger partial charge on any atom is 0.359 e. The van der Waals surface area contributed by atoms with Gasteiger partial charge in [-0.3, -0.25) is 18.7 Å². The number of rotatable bonds is 4. The Morgan fingerprint density at radius 2 is 1.84 bits per heavy atom. The number of ketones is 1. The van der Waals surface area contributed by atoms with Crippen LogP contribution >= 0.6 is 23.2 Å². The molecule has 2 aromatic heterocycles. The molecule has 2 rings (SSSR count). The number of carbonyl (C=O) groups excluding carboxylic acids is 2. The number of esters is 1. The van der Waals surface area contributed by atoms with Crippen LogP contribution in [0.5, 0.6) is 0 Å². The Morgan fingerprint density at radius 1 is 1.20 bits per heavy atom. The molecular formula is C14H12Cl2N4O5. The minimum Gasteiger partial charge on any atom is -0.453 e. The lowest BCUT2D eigenvalue weighted by Crippen LogP contribution is -2.42. The van der Waals surface area contributed by atoms with Crippen molar-refractivity contribution >= 4 is 40.8 Å². The molecule has 0 saturated heterocycles. The first-order chi connectivity index (χ1) is 11.6. The highest BCUT2D eigenvalue weighted by molar-refractivity contribution is 6.34. The highest BCUT2D eigenvalue weighted by atomic mass is 35.5. The number of hydrogen-bond acceptors (Lipinski definition) is 7. The molecule has 11 heteroatoms. The number of nitrogen functional groups attached to an aromatic ring is 1. The molecule has 0 atom stereocenters. The maximum absolute atomic E-state index is 12.2. The van der Waals surface area contributed by atoms with Crippen molar-refractivity contribution < 1.29 is 14.3 Å². The molecule has 0 aliphatic heterocycles. The van der Waals surface area contributed by atoms with Crippen LogP contribution in [0.4, 0.5) is 5.82 Å². The van der Waals surface area contributed by atoms with E-state index in [2.05, 4.69) is 4.98 Å². The van der Waals surface area contributed by atoms with E-state index in [-0.39, 0.29) is 21.7 Å². The van der Waals surface area contributed by atoms with E-state index in [0.29, 0.717) is 0 Å². The van der Waals surface area contributed by atoms with Gasteiger partial charge in [0.1, 0.15) is 16.5 Å². The Hall–Kier alpha value is -2.65. The predicted molar refractivity (Wildman–Crippen MR) is 90.2 cm³/mol. The van der Waals surface area contributed by atoms with Gasteiger partial charge in [0.25, 0.3) is 5.56 Å². The number of aromatic nitrogens is 3. The van der Waals surface area contributed by atoms with E-state index in [1.165, 1.54) is 26.2 Å². The van der Waals surface area contributed by atoms with E-state index in [0.717, 1.165) is 9.13 Å². The predicted octanol–water partition coefficient (Wildman–Crippen LogP) is 0.408. The van der Waals surface area contributed by atoms with E-state index < -0.39 is 35.2 Å². The van der Waals surface area contributed by atoms with Crippen LogP contribution in [0.15, 0.2) is 21.7 Å². The minimum absolute atomic E-state index is 0.0128. The monoisotopic (exact) mass is 386 g/mol. The molecule has 9 nitrogen and oxygen atoms in total. The first-order valence-electron chi connectivity index (χ1n) is 6.73. The van der Waals surface area contributed by atoms with Crippen molar-refractivity contribution in [1.82, 2.24) is 14.1 Å². The second-order valence-corrected chi connectivity index (χ2v) is 5.72. The Labute approximate surface area is 150 Å². The van der Waals surface area contributed by atoms with Gasteiger partial charge in [0, 0.05) is 14.1 Å². The quantitative estimate of drug-likeness (QED) is 0.457. The standard InChI is InChI=1S/C14H12Cl2N4O5/c1-19-11(17)9(12(22)20(2)14(19)24)7(21)5-25-13(23)10-6(15)3-4-8(16)18-10/h3-4H,5,17H2,1-2H3. The molecule has 0 unspecified atom stereocenters. The summed E-state index contributed by atoms with van der Waals surface area (Å²) < 4.78 is 6.47. The first kappa shape index (κ1) is 18.7. The largest absolute Gasteiger partial charge is 0.453 e. The number of nitrogens with two attached hydrogens (primary N) is 1. The zero-order valence-electron chi connectivity index (χ0n) is 13.1. The van der Waals surface area contributed by atoms with Gasteiger partial charge in [-0.05, 0) is 12.1 Å². The number of pyridine rings is 1. The average Bonchev–Trinajstić information content (AvgIpc) is 2.58. The number of carbonyl (C=O) groups is 2. The molecule has 0 fully saturated rings. The number of halogens is 2. The molecule has 0 bridgehead atoms. The van der Waals surface area contributed by atoms with Crippen LogP contribution in [0.3, 0.4) is 0 Å². The molecular weight excluding hydrogens is 375 g/mol. The van der Waals surface area contributed by atoms with Gasteiger partial charge in [0.2, 0.25) is 5.78 Å². The Bertz CT molecular complexity index is 996. The summed E-state index contributed by atoms with van der Waals surface area (Å²) >= 11 is 11.5. The third-order valence-corrected chi connectivity index (χ3v) is 3.84. The summed E-state index contributed by atoms with van der Waals surface area (Å²) in [4.78, 5) is 51.7. The van der Waals surface area contributed by atoms with Crippen LogP contribution in [-0.2, 0) is 18.8 Å². The highest BCUT2D eigenvalue weighted by Gasteiger charge is 2.22. The van der Waals surface area contributed by atoms with Crippen molar-refractivity contribution in [3.63, 3.8) is 0 Å². The second-order valence-electron chi connectivity index (χ2n) is 4.93. The zero-order chi connectivity index (χ0) is 18.9. The van der Waals surface area contributed by atoms with Gasteiger partial charge in [-0.25, -0.2) is 14.6 Å². The van der Waals surface area contributed by atoms with Gasteiger partial charge >= 0.3 is 11.7 Å². The molecule has 0 spiro atoms. The molecule has 0 aliphatic carbocycles. The smallest absolute Gasteiger partial charge is 0.359 e. The van der Waals surface area contributed by atoms with Crippen LogP contribution in [0.25, 0.3) is 0 Å². The molecule has 25 heavy (non-hydrogen) atoms. The fourth-order valence-electron chi connectivity index (χ4n) is 1.96. The molecule has 0 saturated carbocycles. The summed E-state index contributed by atoms with van der Waals surface area (Å²) in [5.74, 6) is -2.20. The van der Waals surface area contributed by atoms with E-state index in [9.17, 15) is 19.2 Å². The van der Waals surface area contributed by atoms with E-state index in [1.54, 1.807) is 0 Å². The fraction of sp³-hybridized carbons (Fsp3) is 0.214. The molecule has 132 valence electrons. The van der Waals surface area contributed by atoms with E-state index in [1.807, 2.05) is 0 Å². The number of anilines is 1. The van der Waals surface area contributed by atoms with Crippen molar-refractivity contribution in [2.45, 2.75) is 0 Å². The summed E-state index contributed by atoms with van der Waals surface area (Å²) in [5, 5.41) is -0.00164. The van der Waals surface area contributed by atoms with Crippen LogP contribution < -0.4 is 17.0 Å². The van der Waals surface area contributed by atoms with Gasteiger partial charge in [-0.2, -0.15) is 0 Å². The SMILES string of the molecule is Cn1c(N)c(C(=O)COC(=O)c2nc(Cl)ccc2Cl)c(=O)n(C)c1=O. The average molecular weight is 387 g/mol. The lowest BCUT2D eigenvalue weighted by molar-refractivity contribution is 0.0468. The highest BCUT2D eigenvalue weighted by Crippen LogP contribution is 2.17. The van der Waals surface area contributed by atoms with Crippen molar-refractivity contribution in [2.24, 2.45) is 14.1 Å². The molecule has 2 heterocycles. The number of hydrogen-bond donors (Lipinski definition) is 1. The van der Waals surface area contributed by atoms with Crippen LogP contribution in [0.1, 0.15) is 20.8 Å². The van der Waals surface area contributed by atoms with E-state index in [4.69, 9.17) is 33.7 Å². The number of nitrogens with zero attached hydrogens (tertiary/aromatic N) is 3.